The van der Waals surface area contributed by atoms with Crippen molar-refractivity contribution < 1.29 is 13.9 Å². The van der Waals surface area contributed by atoms with E-state index in [1.165, 1.54) is 34.1 Å². The molecule has 0 N–H and O–H groups in total. The van der Waals surface area contributed by atoms with Crippen LogP contribution in [0.3, 0.4) is 0 Å². The second kappa shape index (κ2) is 8.67. The zero-order valence-electron chi connectivity index (χ0n) is 17.1. The first kappa shape index (κ1) is 20.0. The summed E-state index contributed by atoms with van der Waals surface area (Å²) in [7, 11) is 0. The van der Waals surface area contributed by atoms with Crippen LogP contribution in [-0.4, -0.2) is 66.6 Å². The molecule has 0 radical (unpaired) electrons. The Labute approximate surface area is 183 Å². The second-order valence-electron chi connectivity index (χ2n) is 7.37. The number of carbonyl (C=O) groups excluding carboxylic acids is 1. The molecule has 10 heteroatoms. The summed E-state index contributed by atoms with van der Waals surface area (Å²) in [5, 5.41) is 16.5. The van der Waals surface area contributed by atoms with Crippen molar-refractivity contribution in [2.75, 3.05) is 19.8 Å². The highest BCUT2D eigenvalue weighted by Crippen LogP contribution is 2.23. The van der Waals surface area contributed by atoms with Crippen molar-refractivity contribution in [3.05, 3.63) is 84.2 Å². The lowest BCUT2D eigenvalue weighted by Crippen LogP contribution is -2.50. The third-order valence-corrected chi connectivity index (χ3v) is 5.36. The van der Waals surface area contributed by atoms with Crippen LogP contribution in [-0.2, 0) is 11.2 Å². The topological polar surface area (TPSA) is 91.0 Å². The number of amides is 1. The summed E-state index contributed by atoms with van der Waals surface area (Å²) in [5.41, 5.74) is 2.07. The minimum Gasteiger partial charge on any atom is -0.377 e. The van der Waals surface area contributed by atoms with Gasteiger partial charge in [0.25, 0.3) is 5.91 Å². The Morgan fingerprint density at radius 1 is 1.00 bits per heavy atom. The van der Waals surface area contributed by atoms with E-state index >= 15 is 0 Å². The molecule has 1 fully saturated rings. The molecule has 9 nitrogen and oxygen atoms in total. The third-order valence-electron chi connectivity index (χ3n) is 5.36. The SMILES string of the molecule is O=C(c1c(F)cccc1-n1nccn1)N1CCOC[C@H]1Cc1cccc(-n2nccn2)c1. The number of morpholine rings is 1. The van der Waals surface area contributed by atoms with Crippen LogP contribution in [0.15, 0.2) is 67.3 Å². The summed E-state index contributed by atoms with van der Waals surface area (Å²) in [5.74, 6) is -1.02. The largest absolute Gasteiger partial charge is 0.377 e. The van der Waals surface area contributed by atoms with Crippen LogP contribution in [0, 0.1) is 5.82 Å². The second-order valence-corrected chi connectivity index (χ2v) is 7.37. The van der Waals surface area contributed by atoms with E-state index in [0.29, 0.717) is 31.9 Å². The maximum atomic E-state index is 14.8. The van der Waals surface area contributed by atoms with E-state index in [4.69, 9.17) is 4.74 Å². The average molecular weight is 433 g/mol. The van der Waals surface area contributed by atoms with Gasteiger partial charge in [0.05, 0.1) is 49.7 Å². The first-order valence-corrected chi connectivity index (χ1v) is 10.2. The number of hydrogen-bond donors (Lipinski definition) is 0. The number of rotatable bonds is 5. The van der Waals surface area contributed by atoms with E-state index in [1.54, 1.807) is 23.4 Å². The zero-order valence-corrected chi connectivity index (χ0v) is 17.1. The van der Waals surface area contributed by atoms with Crippen molar-refractivity contribution in [3.8, 4) is 11.4 Å². The van der Waals surface area contributed by atoms with Crippen LogP contribution >= 0.6 is 0 Å². The molecule has 0 spiro atoms. The Balaban J connectivity index is 1.44. The Morgan fingerprint density at radius 2 is 1.72 bits per heavy atom. The highest BCUT2D eigenvalue weighted by molar-refractivity contribution is 5.98. The highest BCUT2D eigenvalue weighted by Gasteiger charge is 2.32. The summed E-state index contributed by atoms with van der Waals surface area (Å²) < 4.78 is 20.5. The van der Waals surface area contributed by atoms with E-state index < -0.39 is 11.7 Å². The van der Waals surface area contributed by atoms with Gasteiger partial charge in [-0.25, -0.2) is 4.39 Å². The molecule has 0 saturated carbocycles. The third kappa shape index (κ3) is 3.87. The molecule has 4 aromatic rings. The molecule has 162 valence electrons. The van der Waals surface area contributed by atoms with Gasteiger partial charge >= 0.3 is 0 Å². The van der Waals surface area contributed by atoms with Crippen molar-refractivity contribution in [3.63, 3.8) is 0 Å². The van der Waals surface area contributed by atoms with Gasteiger partial charge < -0.3 is 9.64 Å². The molecule has 1 aliphatic rings. The van der Waals surface area contributed by atoms with Gasteiger partial charge in [0, 0.05) is 6.54 Å². The van der Waals surface area contributed by atoms with Crippen LogP contribution in [0.1, 0.15) is 15.9 Å². The van der Waals surface area contributed by atoms with E-state index in [9.17, 15) is 9.18 Å². The molecule has 5 rings (SSSR count). The summed E-state index contributed by atoms with van der Waals surface area (Å²) in [6, 6.07) is 12.0. The summed E-state index contributed by atoms with van der Waals surface area (Å²) >= 11 is 0. The molecule has 0 bridgehead atoms. The van der Waals surface area contributed by atoms with Gasteiger partial charge in [-0.1, -0.05) is 18.2 Å². The van der Waals surface area contributed by atoms with Gasteiger partial charge in [-0.15, -0.1) is 0 Å². The Hall–Kier alpha value is -3.92. The van der Waals surface area contributed by atoms with E-state index in [2.05, 4.69) is 20.4 Å². The number of ether oxygens (including phenoxy) is 1. The normalized spacial score (nSPS) is 16.3. The smallest absolute Gasteiger partial charge is 0.259 e. The van der Waals surface area contributed by atoms with Gasteiger partial charge in [0.2, 0.25) is 0 Å². The van der Waals surface area contributed by atoms with E-state index in [1.807, 2.05) is 24.3 Å². The fourth-order valence-electron chi connectivity index (χ4n) is 3.90. The van der Waals surface area contributed by atoms with Crippen LogP contribution in [0.4, 0.5) is 4.39 Å². The average Bonchev–Trinajstić information content (AvgIpc) is 3.54. The number of hydrogen-bond acceptors (Lipinski definition) is 6. The van der Waals surface area contributed by atoms with Crippen LogP contribution < -0.4 is 0 Å². The molecule has 2 aromatic heterocycles. The van der Waals surface area contributed by atoms with Crippen molar-refractivity contribution in [1.82, 2.24) is 34.9 Å². The van der Waals surface area contributed by atoms with Crippen molar-refractivity contribution in [2.24, 2.45) is 0 Å². The fraction of sp³-hybridized carbons (Fsp3) is 0.227. The molecular weight excluding hydrogens is 413 g/mol. The van der Waals surface area contributed by atoms with Crippen molar-refractivity contribution in [1.29, 1.82) is 0 Å². The van der Waals surface area contributed by atoms with Gasteiger partial charge in [0.15, 0.2) is 0 Å². The number of benzene rings is 2. The first-order valence-electron chi connectivity index (χ1n) is 10.2. The summed E-state index contributed by atoms with van der Waals surface area (Å²) in [4.78, 5) is 18.0. The summed E-state index contributed by atoms with van der Waals surface area (Å²) in [6.45, 7) is 1.12. The quantitative estimate of drug-likeness (QED) is 0.479. The molecule has 3 heterocycles. The zero-order chi connectivity index (χ0) is 21.9. The van der Waals surface area contributed by atoms with Crippen LogP contribution in [0.25, 0.3) is 11.4 Å². The molecule has 1 amide bonds. The minimum absolute atomic E-state index is 0.0508. The molecule has 1 saturated heterocycles. The Bertz CT molecular complexity index is 1210. The number of carbonyl (C=O) groups is 1. The van der Waals surface area contributed by atoms with Crippen molar-refractivity contribution >= 4 is 5.91 Å². The minimum atomic E-state index is -0.609. The summed E-state index contributed by atoms with van der Waals surface area (Å²) in [6.07, 6.45) is 6.74. The van der Waals surface area contributed by atoms with Crippen LogP contribution in [0.5, 0.6) is 0 Å². The van der Waals surface area contributed by atoms with Crippen LogP contribution in [0.2, 0.25) is 0 Å². The lowest BCUT2D eigenvalue weighted by Gasteiger charge is -2.36. The number of nitrogens with zero attached hydrogens (tertiary/aromatic N) is 7. The molecular formula is C22H20FN7O2. The highest BCUT2D eigenvalue weighted by atomic mass is 19.1. The predicted octanol–water partition coefficient (Wildman–Crippen LogP) is 2.07. The molecule has 1 atom stereocenters. The molecule has 1 aliphatic heterocycles. The monoisotopic (exact) mass is 433 g/mol. The van der Waals surface area contributed by atoms with E-state index in [0.717, 1.165) is 11.3 Å². The number of halogens is 1. The molecule has 0 unspecified atom stereocenters. The predicted molar refractivity (Wildman–Crippen MR) is 112 cm³/mol. The Kier molecular flexibility index (Phi) is 5.42. The van der Waals surface area contributed by atoms with Crippen molar-refractivity contribution in [2.45, 2.75) is 12.5 Å². The lowest BCUT2D eigenvalue weighted by molar-refractivity contribution is -0.00188. The maximum Gasteiger partial charge on any atom is 0.259 e. The molecule has 32 heavy (non-hydrogen) atoms. The molecule has 0 aliphatic carbocycles. The lowest BCUT2D eigenvalue weighted by atomic mass is 10.0. The fourth-order valence-corrected chi connectivity index (χ4v) is 3.90. The standard InChI is InChI=1S/C22H20FN7O2/c23-19-5-2-6-20(30-26-9-10-27-30)21(19)22(31)28-11-12-32-15-18(28)14-16-3-1-4-17(13-16)29-24-7-8-25-29/h1-10,13,18H,11-12,14-15H2/t18-/m1/s1. The van der Waals surface area contributed by atoms with Gasteiger partial charge in [0.1, 0.15) is 17.1 Å². The molecule has 2 aromatic carbocycles. The maximum absolute atomic E-state index is 14.8. The van der Waals surface area contributed by atoms with Gasteiger partial charge in [-0.05, 0) is 36.2 Å². The van der Waals surface area contributed by atoms with E-state index in [-0.39, 0.29) is 11.6 Å². The Morgan fingerprint density at radius 3 is 2.50 bits per heavy atom. The van der Waals surface area contributed by atoms with Gasteiger partial charge in [-0.3, -0.25) is 4.79 Å². The number of aromatic nitrogens is 6. The van der Waals surface area contributed by atoms with Gasteiger partial charge in [-0.2, -0.15) is 30.0 Å². The first-order chi connectivity index (χ1) is 15.7.